The summed E-state index contributed by atoms with van der Waals surface area (Å²) in [6.45, 7) is 1.68. The van der Waals surface area contributed by atoms with E-state index in [2.05, 4.69) is 44.5 Å². The molecule has 1 fully saturated rings. The summed E-state index contributed by atoms with van der Waals surface area (Å²) in [5.41, 5.74) is 2.06. The molecule has 1 amide bonds. The first-order chi connectivity index (χ1) is 14.2. The molecular weight excluding hydrogens is 380 g/mol. The molecule has 3 N–H and O–H groups in total. The van der Waals surface area contributed by atoms with Gasteiger partial charge in [-0.25, -0.2) is 0 Å². The van der Waals surface area contributed by atoms with Crippen molar-refractivity contribution in [3.63, 3.8) is 0 Å². The molecule has 3 rings (SSSR count). The first-order valence-corrected chi connectivity index (χ1v) is 11.3. The first kappa shape index (κ1) is 21.4. The average Bonchev–Trinajstić information content (AvgIpc) is 3.32. The van der Waals surface area contributed by atoms with Gasteiger partial charge in [-0.1, -0.05) is 37.5 Å². The molecule has 1 aromatic carbocycles. The summed E-state index contributed by atoms with van der Waals surface area (Å²) >= 11 is 1.88. The second-order valence-corrected chi connectivity index (χ2v) is 8.65. The van der Waals surface area contributed by atoms with Crippen LogP contribution in [0.25, 0.3) is 0 Å². The highest BCUT2D eigenvalue weighted by Gasteiger charge is 2.34. The van der Waals surface area contributed by atoms with E-state index in [4.69, 9.17) is 0 Å². The van der Waals surface area contributed by atoms with Gasteiger partial charge in [0.05, 0.1) is 0 Å². The molecular formula is C23H32N4OS. The third kappa shape index (κ3) is 5.60. The second kappa shape index (κ2) is 10.4. The van der Waals surface area contributed by atoms with Gasteiger partial charge in [0.2, 0.25) is 0 Å². The summed E-state index contributed by atoms with van der Waals surface area (Å²) < 4.78 is 0. The minimum Gasteiger partial charge on any atom is -0.356 e. The van der Waals surface area contributed by atoms with Crippen molar-refractivity contribution in [2.24, 2.45) is 4.99 Å². The Morgan fingerprint density at radius 2 is 1.97 bits per heavy atom. The number of hydrogen-bond acceptors (Lipinski definition) is 3. The smallest absolute Gasteiger partial charge is 0.251 e. The number of thiophene rings is 1. The molecule has 1 heterocycles. The van der Waals surface area contributed by atoms with Crippen molar-refractivity contribution in [1.82, 2.24) is 16.0 Å². The van der Waals surface area contributed by atoms with Gasteiger partial charge in [0.25, 0.3) is 5.91 Å². The molecule has 0 saturated heterocycles. The molecule has 1 aliphatic carbocycles. The molecule has 29 heavy (non-hydrogen) atoms. The van der Waals surface area contributed by atoms with Crippen molar-refractivity contribution in [2.75, 3.05) is 27.2 Å². The Morgan fingerprint density at radius 3 is 2.66 bits per heavy atom. The number of amides is 1. The summed E-state index contributed by atoms with van der Waals surface area (Å²) in [5.74, 6) is 0.789. The lowest BCUT2D eigenvalue weighted by molar-refractivity contribution is 0.0963. The normalized spacial score (nSPS) is 16.3. The number of guanidine groups is 1. The van der Waals surface area contributed by atoms with Crippen LogP contribution < -0.4 is 16.0 Å². The fourth-order valence-corrected chi connectivity index (χ4v) is 5.12. The molecule has 0 radical (unpaired) electrons. The predicted molar refractivity (Wildman–Crippen MR) is 122 cm³/mol. The topological polar surface area (TPSA) is 65.5 Å². The summed E-state index contributed by atoms with van der Waals surface area (Å²) in [7, 11) is 3.47. The fourth-order valence-electron chi connectivity index (χ4n) is 4.13. The maximum absolute atomic E-state index is 11.8. The Kier molecular flexibility index (Phi) is 7.69. The number of carbonyl (C=O) groups excluding carboxylic acids is 1. The van der Waals surface area contributed by atoms with Crippen LogP contribution in [0, 0.1) is 0 Å². The van der Waals surface area contributed by atoms with Gasteiger partial charge in [-0.15, -0.1) is 11.3 Å². The van der Waals surface area contributed by atoms with E-state index < -0.39 is 0 Å². The number of nitrogens with zero attached hydrogens (tertiary/aromatic N) is 1. The number of rotatable bonds is 7. The summed E-state index contributed by atoms with van der Waals surface area (Å²) in [4.78, 5) is 17.7. The Labute approximate surface area is 178 Å². The largest absolute Gasteiger partial charge is 0.356 e. The SMILES string of the molecule is CN=C(NCCc1cccc(C(=O)NC)c1)NCC1(c2cccs2)CCCCC1. The van der Waals surface area contributed by atoms with E-state index in [1.165, 1.54) is 37.0 Å². The minimum absolute atomic E-state index is 0.0522. The van der Waals surface area contributed by atoms with Crippen LogP contribution in [0.15, 0.2) is 46.8 Å². The average molecular weight is 413 g/mol. The van der Waals surface area contributed by atoms with Crippen LogP contribution in [0.4, 0.5) is 0 Å². The number of benzene rings is 1. The molecule has 5 nitrogen and oxygen atoms in total. The third-order valence-corrected chi connectivity index (χ3v) is 6.91. The number of hydrogen-bond donors (Lipinski definition) is 3. The number of aliphatic imine (C=N–C) groups is 1. The van der Waals surface area contributed by atoms with Crippen LogP contribution >= 0.6 is 11.3 Å². The minimum atomic E-state index is -0.0522. The van der Waals surface area contributed by atoms with Crippen molar-refractivity contribution in [3.8, 4) is 0 Å². The highest BCUT2D eigenvalue weighted by Crippen LogP contribution is 2.41. The van der Waals surface area contributed by atoms with Gasteiger partial charge in [-0.2, -0.15) is 0 Å². The Balaban J connectivity index is 1.54. The van der Waals surface area contributed by atoms with E-state index in [9.17, 15) is 4.79 Å². The fraction of sp³-hybridized carbons (Fsp3) is 0.478. The van der Waals surface area contributed by atoms with Crippen molar-refractivity contribution < 1.29 is 4.79 Å². The van der Waals surface area contributed by atoms with Crippen molar-refractivity contribution in [1.29, 1.82) is 0 Å². The van der Waals surface area contributed by atoms with Crippen LogP contribution in [0.1, 0.15) is 52.9 Å². The third-order valence-electron chi connectivity index (χ3n) is 5.79. The van der Waals surface area contributed by atoms with Crippen LogP contribution in [-0.2, 0) is 11.8 Å². The van der Waals surface area contributed by atoms with Gasteiger partial charge in [0.15, 0.2) is 5.96 Å². The van der Waals surface area contributed by atoms with E-state index in [-0.39, 0.29) is 11.3 Å². The highest BCUT2D eigenvalue weighted by molar-refractivity contribution is 7.10. The maximum Gasteiger partial charge on any atom is 0.251 e. The molecule has 1 aliphatic rings. The second-order valence-electron chi connectivity index (χ2n) is 7.70. The Morgan fingerprint density at radius 1 is 1.14 bits per heavy atom. The molecule has 2 aromatic rings. The molecule has 6 heteroatoms. The lowest BCUT2D eigenvalue weighted by Gasteiger charge is -2.37. The summed E-state index contributed by atoms with van der Waals surface area (Å²) in [5, 5.41) is 11.9. The van der Waals surface area contributed by atoms with Gasteiger partial charge in [-0.3, -0.25) is 9.79 Å². The lowest BCUT2D eigenvalue weighted by Crippen LogP contribution is -2.46. The monoisotopic (exact) mass is 412 g/mol. The number of nitrogens with one attached hydrogen (secondary N) is 3. The zero-order valence-electron chi connectivity index (χ0n) is 17.5. The zero-order valence-corrected chi connectivity index (χ0v) is 18.3. The van der Waals surface area contributed by atoms with Crippen molar-refractivity contribution in [3.05, 3.63) is 57.8 Å². The molecule has 0 aliphatic heterocycles. The van der Waals surface area contributed by atoms with Crippen molar-refractivity contribution in [2.45, 2.75) is 43.9 Å². The lowest BCUT2D eigenvalue weighted by atomic mass is 9.73. The molecule has 1 aromatic heterocycles. The summed E-state index contributed by atoms with van der Waals surface area (Å²) in [6.07, 6.45) is 7.25. The molecule has 1 saturated carbocycles. The molecule has 0 unspecified atom stereocenters. The van der Waals surface area contributed by atoms with Crippen LogP contribution in [-0.4, -0.2) is 39.1 Å². The van der Waals surface area contributed by atoms with Crippen LogP contribution in [0.2, 0.25) is 0 Å². The van der Waals surface area contributed by atoms with Crippen LogP contribution in [0.5, 0.6) is 0 Å². The van der Waals surface area contributed by atoms with E-state index >= 15 is 0 Å². The quantitative estimate of drug-likeness (QED) is 0.480. The standard InChI is InChI=1S/C23H32N4OS/c1-24-21(28)19-9-6-8-18(16-19)11-14-26-22(25-2)27-17-23(12-4-3-5-13-23)20-10-7-15-29-20/h6-10,15-16H,3-5,11-14,17H2,1-2H3,(H,24,28)(H2,25,26,27). The Hall–Kier alpha value is -2.34. The zero-order chi connectivity index (χ0) is 20.5. The van der Waals surface area contributed by atoms with Gasteiger partial charge in [0, 0.05) is 43.0 Å². The van der Waals surface area contributed by atoms with Gasteiger partial charge < -0.3 is 16.0 Å². The van der Waals surface area contributed by atoms with E-state index in [0.717, 1.165) is 31.0 Å². The molecule has 156 valence electrons. The van der Waals surface area contributed by atoms with E-state index in [1.807, 2.05) is 36.6 Å². The molecule has 0 spiro atoms. The first-order valence-electron chi connectivity index (χ1n) is 10.5. The predicted octanol–water partition coefficient (Wildman–Crippen LogP) is 3.72. The number of carbonyl (C=O) groups is 1. The maximum atomic E-state index is 11.8. The van der Waals surface area contributed by atoms with Gasteiger partial charge in [0.1, 0.15) is 0 Å². The van der Waals surface area contributed by atoms with Gasteiger partial charge >= 0.3 is 0 Å². The summed E-state index contributed by atoms with van der Waals surface area (Å²) in [6, 6.07) is 12.2. The molecule has 0 bridgehead atoms. The van der Waals surface area contributed by atoms with Crippen LogP contribution in [0.3, 0.4) is 0 Å². The Bertz CT molecular complexity index is 810. The van der Waals surface area contributed by atoms with E-state index in [1.54, 1.807) is 7.05 Å². The molecule has 0 atom stereocenters. The van der Waals surface area contributed by atoms with Gasteiger partial charge in [-0.05, 0) is 48.4 Å². The van der Waals surface area contributed by atoms with E-state index in [0.29, 0.717) is 5.56 Å². The van der Waals surface area contributed by atoms with Crippen molar-refractivity contribution >= 4 is 23.2 Å². The highest BCUT2D eigenvalue weighted by atomic mass is 32.1.